The number of benzene rings is 2. The van der Waals surface area contributed by atoms with Gasteiger partial charge in [-0.25, -0.2) is 17.8 Å². The number of guanidine groups is 1. The number of sulfone groups is 1. The highest BCUT2D eigenvalue weighted by atomic mass is 35.5. The van der Waals surface area contributed by atoms with Gasteiger partial charge in [-0.2, -0.15) is 0 Å². The summed E-state index contributed by atoms with van der Waals surface area (Å²) < 4.78 is 38.8. The van der Waals surface area contributed by atoms with E-state index < -0.39 is 15.7 Å². The summed E-state index contributed by atoms with van der Waals surface area (Å²) in [6, 6.07) is 13.0. The molecular formula is C19H16ClFN4O2S. The lowest BCUT2D eigenvalue weighted by Crippen LogP contribution is -2.22. The molecule has 0 aliphatic rings. The van der Waals surface area contributed by atoms with E-state index in [9.17, 15) is 12.8 Å². The molecule has 0 saturated heterocycles. The second kappa shape index (κ2) is 8.37. The molecule has 3 rings (SSSR count). The van der Waals surface area contributed by atoms with Gasteiger partial charge in [-0.05, 0) is 48.0 Å². The van der Waals surface area contributed by atoms with Crippen LogP contribution in [-0.2, 0) is 16.4 Å². The molecule has 0 saturated carbocycles. The molecule has 0 fully saturated rings. The van der Waals surface area contributed by atoms with Crippen molar-refractivity contribution in [3.8, 4) is 0 Å². The number of pyridine rings is 1. The molecule has 6 nitrogen and oxygen atoms in total. The Balaban J connectivity index is 1.72. The molecule has 9 heteroatoms. The van der Waals surface area contributed by atoms with Crippen molar-refractivity contribution in [3.63, 3.8) is 0 Å². The lowest BCUT2D eigenvalue weighted by Gasteiger charge is -2.07. The Kier molecular flexibility index (Phi) is 5.91. The molecule has 144 valence electrons. The first-order chi connectivity index (χ1) is 13.4. The van der Waals surface area contributed by atoms with Crippen molar-refractivity contribution in [2.24, 2.45) is 10.7 Å². The highest BCUT2D eigenvalue weighted by Crippen LogP contribution is 2.25. The maximum absolute atomic E-state index is 13.6. The predicted octanol–water partition coefficient (Wildman–Crippen LogP) is 3.63. The van der Waals surface area contributed by atoms with Crippen LogP contribution < -0.4 is 11.1 Å². The average molecular weight is 419 g/mol. The van der Waals surface area contributed by atoms with E-state index in [-0.39, 0.29) is 27.3 Å². The zero-order valence-corrected chi connectivity index (χ0v) is 16.1. The number of aliphatic imine (C=N–C) groups is 1. The normalized spacial score (nSPS) is 12.0. The maximum Gasteiger partial charge on any atom is 0.206 e. The van der Waals surface area contributed by atoms with Gasteiger partial charge in [0.05, 0.1) is 21.4 Å². The zero-order chi connectivity index (χ0) is 20.1. The van der Waals surface area contributed by atoms with Crippen molar-refractivity contribution >= 4 is 33.1 Å². The summed E-state index contributed by atoms with van der Waals surface area (Å²) in [6.07, 6.45) is 3.25. The van der Waals surface area contributed by atoms with Gasteiger partial charge in [0.2, 0.25) is 9.84 Å². The molecule has 0 atom stereocenters. The first-order valence-corrected chi connectivity index (χ1v) is 9.98. The number of nitrogens with zero attached hydrogens (tertiary/aromatic N) is 2. The topological polar surface area (TPSA) is 97.4 Å². The highest BCUT2D eigenvalue weighted by Gasteiger charge is 2.19. The van der Waals surface area contributed by atoms with E-state index >= 15 is 0 Å². The lowest BCUT2D eigenvalue weighted by atomic mass is 10.2. The average Bonchev–Trinajstić information content (AvgIpc) is 2.69. The minimum atomic E-state index is -3.84. The Bertz CT molecular complexity index is 1100. The molecule has 3 aromatic rings. The molecule has 0 spiro atoms. The van der Waals surface area contributed by atoms with Crippen LogP contribution in [0.3, 0.4) is 0 Å². The molecule has 0 aliphatic carbocycles. The molecule has 28 heavy (non-hydrogen) atoms. The zero-order valence-electron chi connectivity index (χ0n) is 14.5. The number of aromatic nitrogens is 1. The van der Waals surface area contributed by atoms with Gasteiger partial charge in [0.1, 0.15) is 5.82 Å². The molecule has 3 N–H and O–H groups in total. The minimum absolute atomic E-state index is 0.0461. The predicted molar refractivity (Wildman–Crippen MR) is 106 cm³/mol. The Morgan fingerprint density at radius 1 is 1.07 bits per heavy atom. The Morgan fingerprint density at radius 2 is 1.71 bits per heavy atom. The quantitative estimate of drug-likeness (QED) is 0.487. The van der Waals surface area contributed by atoms with Gasteiger partial charge < -0.3 is 11.1 Å². The van der Waals surface area contributed by atoms with Gasteiger partial charge in [0, 0.05) is 18.1 Å². The van der Waals surface area contributed by atoms with Gasteiger partial charge in [-0.1, -0.05) is 23.7 Å². The van der Waals surface area contributed by atoms with E-state index in [1.54, 1.807) is 36.7 Å². The molecule has 0 amide bonds. The fourth-order valence-corrected chi connectivity index (χ4v) is 3.74. The number of nitrogens with two attached hydrogens (primary N) is 1. The smallest absolute Gasteiger partial charge is 0.206 e. The van der Waals surface area contributed by atoms with Crippen LogP contribution in [0.5, 0.6) is 0 Å². The molecule has 1 aromatic heterocycles. The number of hydrogen-bond donors (Lipinski definition) is 2. The first-order valence-electron chi connectivity index (χ1n) is 8.12. The third kappa shape index (κ3) is 4.65. The number of rotatable bonds is 5. The second-order valence-electron chi connectivity index (χ2n) is 5.79. The van der Waals surface area contributed by atoms with E-state index in [2.05, 4.69) is 15.3 Å². The maximum atomic E-state index is 13.6. The molecule has 1 heterocycles. The lowest BCUT2D eigenvalue weighted by molar-refractivity contribution is 0.591. The highest BCUT2D eigenvalue weighted by molar-refractivity contribution is 7.91. The van der Waals surface area contributed by atoms with Gasteiger partial charge >= 0.3 is 0 Å². The second-order valence-corrected chi connectivity index (χ2v) is 8.14. The van der Waals surface area contributed by atoms with Crippen LogP contribution in [0.15, 0.2) is 81.8 Å². The molecule has 0 aliphatic heterocycles. The fraction of sp³-hybridized carbons (Fsp3) is 0.0526. The molecular weight excluding hydrogens is 403 g/mol. The fourth-order valence-electron chi connectivity index (χ4n) is 2.35. The van der Waals surface area contributed by atoms with Crippen molar-refractivity contribution in [2.45, 2.75) is 16.3 Å². The van der Waals surface area contributed by atoms with Crippen LogP contribution in [0.1, 0.15) is 5.56 Å². The van der Waals surface area contributed by atoms with Crippen molar-refractivity contribution in [2.75, 3.05) is 5.32 Å². The van der Waals surface area contributed by atoms with Gasteiger partial charge in [0.25, 0.3) is 0 Å². The monoisotopic (exact) mass is 418 g/mol. The molecule has 0 unspecified atom stereocenters. The minimum Gasteiger partial charge on any atom is -0.370 e. The standard InChI is InChI=1S/C19H16ClFN4O2S/c20-17-6-5-16(11-18(17)21)28(26,27)15-3-1-13(2-4-15)12-24-19(22)25-14-7-9-23-10-8-14/h1-11H,12H2,(H3,22,23,24,25). The number of nitrogens with one attached hydrogen (secondary N) is 1. The van der Waals surface area contributed by atoms with Crippen LogP contribution in [0.25, 0.3) is 0 Å². The SMILES string of the molecule is NC(=NCc1ccc(S(=O)(=O)c2ccc(Cl)c(F)c2)cc1)Nc1ccncc1. The van der Waals surface area contributed by atoms with Gasteiger partial charge in [0.15, 0.2) is 5.96 Å². The Morgan fingerprint density at radius 3 is 2.36 bits per heavy atom. The van der Waals surface area contributed by atoms with Crippen LogP contribution in [-0.4, -0.2) is 19.4 Å². The number of anilines is 1. The molecule has 2 aromatic carbocycles. The van der Waals surface area contributed by atoms with Gasteiger partial charge in [-0.15, -0.1) is 0 Å². The summed E-state index contributed by atoms with van der Waals surface area (Å²) in [7, 11) is -3.84. The summed E-state index contributed by atoms with van der Waals surface area (Å²) in [6.45, 7) is 0.264. The van der Waals surface area contributed by atoms with Crippen LogP contribution in [0.2, 0.25) is 5.02 Å². The summed E-state index contributed by atoms with van der Waals surface area (Å²) >= 11 is 5.61. The van der Waals surface area contributed by atoms with Crippen LogP contribution in [0, 0.1) is 5.82 Å². The van der Waals surface area contributed by atoms with Crippen LogP contribution in [0.4, 0.5) is 10.1 Å². The number of hydrogen-bond acceptors (Lipinski definition) is 4. The van der Waals surface area contributed by atoms with Crippen molar-refractivity contribution in [1.82, 2.24) is 4.98 Å². The van der Waals surface area contributed by atoms with Crippen molar-refractivity contribution in [3.05, 3.63) is 83.4 Å². The Labute approximate surface area is 166 Å². The van der Waals surface area contributed by atoms with E-state index in [1.807, 2.05) is 0 Å². The summed E-state index contributed by atoms with van der Waals surface area (Å²) in [5.41, 5.74) is 7.35. The summed E-state index contributed by atoms with van der Waals surface area (Å²) in [5.74, 6) is -0.564. The van der Waals surface area contributed by atoms with Crippen molar-refractivity contribution < 1.29 is 12.8 Å². The van der Waals surface area contributed by atoms with E-state index in [1.165, 1.54) is 24.3 Å². The molecule has 0 bridgehead atoms. The third-order valence-electron chi connectivity index (χ3n) is 3.82. The van der Waals surface area contributed by atoms with Crippen LogP contribution >= 0.6 is 11.6 Å². The Hall–Kier alpha value is -2.97. The summed E-state index contributed by atoms with van der Waals surface area (Å²) in [5, 5.41) is 2.79. The van der Waals surface area contributed by atoms with E-state index in [0.717, 1.165) is 17.3 Å². The number of halogens is 2. The van der Waals surface area contributed by atoms with Gasteiger partial charge in [-0.3, -0.25) is 4.98 Å². The molecule has 0 radical (unpaired) electrons. The first kappa shape index (κ1) is 19.8. The third-order valence-corrected chi connectivity index (χ3v) is 5.89. The van der Waals surface area contributed by atoms with E-state index in [0.29, 0.717) is 0 Å². The summed E-state index contributed by atoms with van der Waals surface area (Å²) in [4.78, 5) is 8.00. The van der Waals surface area contributed by atoms with E-state index in [4.69, 9.17) is 17.3 Å². The largest absolute Gasteiger partial charge is 0.370 e. The van der Waals surface area contributed by atoms with Crippen molar-refractivity contribution in [1.29, 1.82) is 0 Å².